The molecule has 0 saturated heterocycles. The van der Waals surface area contributed by atoms with E-state index in [-0.39, 0.29) is 11.8 Å². The Morgan fingerprint density at radius 2 is 2.14 bits per heavy atom. The zero-order valence-corrected chi connectivity index (χ0v) is 13.1. The first-order chi connectivity index (χ1) is 10.6. The van der Waals surface area contributed by atoms with Crippen LogP contribution in [0.2, 0.25) is 5.02 Å². The fraction of sp³-hybridized carbons (Fsp3) is 0.125. The summed E-state index contributed by atoms with van der Waals surface area (Å²) in [6.07, 6.45) is 0. The number of benzene rings is 2. The quantitative estimate of drug-likeness (QED) is 0.906. The molecule has 0 fully saturated rings. The number of rotatable bonds is 3. The zero-order chi connectivity index (χ0) is 15.5. The van der Waals surface area contributed by atoms with Crippen LogP contribution in [0.3, 0.4) is 0 Å². The number of carbonyl (C=O) groups is 2. The number of halogens is 1. The minimum atomic E-state index is -0.187. The lowest BCUT2D eigenvalue weighted by molar-refractivity contribution is -0.113. The molecule has 1 aliphatic rings. The van der Waals surface area contributed by atoms with Crippen molar-refractivity contribution in [1.29, 1.82) is 0 Å². The second-order valence-electron chi connectivity index (χ2n) is 4.86. The van der Waals surface area contributed by atoms with Crippen molar-refractivity contribution in [1.82, 2.24) is 5.32 Å². The minimum Gasteiger partial charge on any atom is -0.348 e. The van der Waals surface area contributed by atoms with Crippen LogP contribution in [0.4, 0.5) is 5.69 Å². The molecule has 22 heavy (non-hydrogen) atoms. The van der Waals surface area contributed by atoms with Gasteiger partial charge in [0.2, 0.25) is 5.91 Å². The summed E-state index contributed by atoms with van der Waals surface area (Å²) in [5.41, 5.74) is 2.14. The molecule has 4 nitrogen and oxygen atoms in total. The molecule has 1 aliphatic heterocycles. The topological polar surface area (TPSA) is 58.2 Å². The van der Waals surface area contributed by atoms with E-state index in [1.807, 2.05) is 24.3 Å². The molecular weight excluding hydrogens is 320 g/mol. The predicted octanol–water partition coefficient (Wildman–Crippen LogP) is 3.31. The fourth-order valence-electron chi connectivity index (χ4n) is 2.16. The van der Waals surface area contributed by atoms with Gasteiger partial charge in [-0.3, -0.25) is 9.59 Å². The van der Waals surface area contributed by atoms with Gasteiger partial charge in [0, 0.05) is 22.0 Å². The van der Waals surface area contributed by atoms with E-state index in [2.05, 4.69) is 10.6 Å². The third kappa shape index (κ3) is 3.43. The van der Waals surface area contributed by atoms with Crippen LogP contribution in [0.25, 0.3) is 0 Å². The number of hydrogen-bond acceptors (Lipinski definition) is 3. The van der Waals surface area contributed by atoms with Crippen molar-refractivity contribution in [2.24, 2.45) is 0 Å². The Morgan fingerprint density at radius 1 is 1.27 bits per heavy atom. The van der Waals surface area contributed by atoms with Gasteiger partial charge in [0.1, 0.15) is 0 Å². The molecule has 3 rings (SSSR count). The van der Waals surface area contributed by atoms with Gasteiger partial charge < -0.3 is 10.6 Å². The van der Waals surface area contributed by atoms with Crippen LogP contribution in [0.1, 0.15) is 15.9 Å². The van der Waals surface area contributed by atoms with Crippen LogP contribution < -0.4 is 10.6 Å². The van der Waals surface area contributed by atoms with Crippen LogP contribution in [-0.2, 0) is 11.3 Å². The summed E-state index contributed by atoms with van der Waals surface area (Å²) in [4.78, 5) is 24.6. The highest BCUT2D eigenvalue weighted by molar-refractivity contribution is 8.00. The van der Waals surface area contributed by atoms with Crippen LogP contribution in [0.15, 0.2) is 47.4 Å². The maximum atomic E-state index is 12.2. The van der Waals surface area contributed by atoms with Crippen molar-refractivity contribution in [3.05, 3.63) is 58.6 Å². The van der Waals surface area contributed by atoms with Gasteiger partial charge >= 0.3 is 0 Å². The molecule has 0 aromatic heterocycles. The maximum Gasteiger partial charge on any atom is 0.251 e. The van der Waals surface area contributed by atoms with Crippen molar-refractivity contribution >= 4 is 40.9 Å². The molecule has 0 aliphatic carbocycles. The molecule has 2 N–H and O–H groups in total. The number of hydrogen-bond donors (Lipinski definition) is 2. The van der Waals surface area contributed by atoms with Crippen LogP contribution in [-0.4, -0.2) is 17.6 Å². The first kappa shape index (κ1) is 14.9. The van der Waals surface area contributed by atoms with Crippen LogP contribution >= 0.6 is 23.4 Å². The van der Waals surface area contributed by atoms with E-state index >= 15 is 0 Å². The zero-order valence-electron chi connectivity index (χ0n) is 11.6. The van der Waals surface area contributed by atoms with E-state index < -0.39 is 0 Å². The number of anilines is 1. The second kappa shape index (κ2) is 6.42. The van der Waals surface area contributed by atoms with Crippen LogP contribution in [0, 0.1) is 0 Å². The largest absolute Gasteiger partial charge is 0.348 e. The Kier molecular flexibility index (Phi) is 4.36. The van der Waals surface area contributed by atoms with Gasteiger partial charge in [0.05, 0.1) is 11.4 Å². The molecule has 6 heteroatoms. The molecule has 0 spiro atoms. The Morgan fingerprint density at radius 3 is 2.95 bits per heavy atom. The van der Waals surface area contributed by atoms with E-state index in [0.29, 0.717) is 28.6 Å². The lowest BCUT2D eigenvalue weighted by Gasteiger charge is -2.17. The SMILES string of the molecule is O=C1CSc2ccc(C(=O)NCc3cccc(Cl)c3)cc2N1. The average molecular weight is 333 g/mol. The summed E-state index contributed by atoms with van der Waals surface area (Å²) >= 11 is 7.39. The number of amides is 2. The maximum absolute atomic E-state index is 12.2. The van der Waals surface area contributed by atoms with Crippen molar-refractivity contribution < 1.29 is 9.59 Å². The van der Waals surface area contributed by atoms with E-state index in [4.69, 9.17) is 11.6 Å². The molecule has 2 aromatic carbocycles. The van der Waals surface area contributed by atoms with Gasteiger partial charge in [-0.15, -0.1) is 11.8 Å². The average Bonchev–Trinajstić information content (AvgIpc) is 2.52. The highest BCUT2D eigenvalue weighted by Gasteiger charge is 2.17. The smallest absolute Gasteiger partial charge is 0.251 e. The molecule has 0 radical (unpaired) electrons. The number of carbonyl (C=O) groups excluding carboxylic acids is 2. The molecule has 0 atom stereocenters. The van der Waals surface area contributed by atoms with E-state index in [0.717, 1.165) is 10.5 Å². The Bertz CT molecular complexity index is 749. The minimum absolute atomic E-state index is 0.0472. The summed E-state index contributed by atoms with van der Waals surface area (Å²) in [6, 6.07) is 12.7. The third-order valence-corrected chi connectivity index (χ3v) is 4.53. The lowest BCUT2D eigenvalue weighted by atomic mass is 10.1. The summed E-state index contributed by atoms with van der Waals surface area (Å²) in [5, 5.41) is 6.26. The molecule has 0 saturated carbocycles. The van der Waals surface area contributed by atoms with Gasteiger partial charge in [0.15, 0.2) is 0 Å². The molecule has 2 amide bonds. The van der Waals surface area contributed by atoms with Crippen LogP contribution in [0.5, 0.6) is 0 Å². The summed E-state index contributed by atoms with van der Waals surface area (Å²) < 4.78 is 0. The van der Waals surface area contributed by atoms with E-state index in [9.17, 15) is 9.59 Å². The summed E-state index contributed by atoms with van der Waals surface area (Å²) in [5.74, 6) is 0.175. The van der Waals surface area contributed by atoms with Gasteiger partial charge in [0.25, 0.3) is 5.91 Å². The standard InChI is InChI=1S/C16H13ClN2O2S/c17-12-3-1-2-10(6-12)8-18-16(21)11-4-5-14-13(7-11)19-15(20)9-22-14/h1-7H,8-9H2,(H,18,21)(H,19,20). The summed E-state index contributed by atoms with van der Waals surface area (Å²) in [7, 11) is 0. The summed E-state index contributed by atoms with van der Waals surface area (Å²) in [6.45, 7) is 0.400. The molecule has 0 unspecified atom stereocenters. The number of fused-ring (bicyclic) bond motifs is 1. The van der Waals surface area contributed by atoms with Crippen molar-refractivity contribution in [2.45, 2.75) is 11.4 Å². The lowest BCUT2D eigenvalue weighted by Crippen LogP contribution is -2.24. The van der Waals surface area contributed by atoms with Gasteiger partial charge in [-0.2, -0.15) is 0 Å². The fourth-order valence-corrected chi connectivity index (χ4v) is 3.16. The Hall–Kier alpha value is -1.98. The van der Waals surface area contributed by atoms with E-state index in [1.54, 1.807) is 18.2 Å². The van der Waals surface area contributed by atoms with Gasteiger partial charge in [-0.25, -0.2) is 0 Å². The number of thioether (sulfide) groups is 1. The number of nitrogens with one attached hydrogen (secondary N) is 2. The van der Waals surface area contributed by atoms with Crippen molar-refractivity contribution in [3.63, 3.8) is 0 Å². The monoisotopic (exact) mass is 332 g/mol. The Balaban J connectivity index is 1.70. The normalized spacial score (nSPS) is 13.2. The second-order valence-corrected chi connectivity index (χ2v) is 6.31. The molecule has 0 bridgehead atoms. The first-order valence-corrected chi connectivity index (χ1v) is 8.07. The van der Waals surface area contributed by atoms with Crippen molar-refractivity contribution in [2.75, 3.05) is 11.1 Å². The highest BCUT2D eigenvalue weighted by atomic mass is 35.5. The molecule has 1 heterocycles. The van der Waals surface area contributed by atoms with E-state index in [1.165, 1.54) is 11.8 Å². The molecular formula is C16H13ClN2O2S. The Labute approximate surface area is 137 Å². The highest BCUT2D eigenvalue weighted by Crippen LogP contribution is 2.31. The van der Waals surface area contributed by atoms with Gasteiger partial charge in [-0.1, -0.05) is 23.7 Å². The van der Waals surface area contributed by atoms with Gasteiger partial charge in [-0.05, 0) is 35.9 Å². The third-order valence-electron chi connectivity index (χ3n) is 3.22. The van der Waals surface area contributed by atoms with Crippen molar-refractivity contribution in [3.8, 4) is 0 Å². The molecule has 112 valence electrons. The first-order valence-electron chi connectivity index (χ1n) is 6.71. The molecule has 2 aromatic rings. The predicted molar refractivity (Wildman–Crippen MR) is 88.4 cm³/mol.